The van der Waals surface area contributed by atoms with Crippen LogP contribution in [-0.4, -0.2) is 61.9 Å². The zero-order valence-electron chi connectivity index (χ0n) is 22.4. The number of rotatable bonds is 12. The van der Waals surface area contributed by atoms with Crippen LogP contribution in [0.15, 0.2) is 48.5 Å². The summed E-state index contributed by atoms with van der Waals surface area (Å²) in [4.78, 5) is 28.2. The maximum absolute atomic E-state index is 6.01. The van der Waals surface area contributed by atoms with Gasteiger partial charge in [0.05, 0.1) is 19.6 Å². The summed E-state index contributed by atoms with van der Waals surface area (Å²) in [5.41, 5.74) is 16.0. The minimum atomic E-state index is -0.515. The van der Waals surface area contributed by atoms with Gasteiger partial charge in [-0.05, 0) is 38.1 Å². The van der Waals surface area contributed by atoms with Crippen LogP contribution >= 0.6 is 0 Å². The van der Waals surface area contributed by atoms with Crippen molar-refractivity contribution in [1.82, 2.24) is 34.8 Å². The Bertz CT molecular complexity index is 1260. The Kier molecular flexibility index (Phi) is 9.10. The summed E-state index contributed by atoms with van der Waals surface area (Å²) in [6.07, 6.45) is -0.515. The van der Waals surface area contributed by atoms with Gasteiger partial charge in [0.2, 0.25) is 23.8 Å². The molecule has 0 atom stereocenters. The number of aromatic nitrogens is 6. The van der Waals surface area contributed by atoms with E-state index in [9.17, 15) is 0 Å². The molecule has 39 heavy (non-hydrogen) atoms. The third kappa shape index (κ3) is 8.26. The number of anilines is 6. The molecule has 13 heteroatoms. The van der Waals surface area contributed by atoms with E-state index in [0.29, 0.717) is 30.1 Å². The van der Waals surface area contributed by atoms with Crippen LogP contribution in [-0.2, 0) is 22.6 Å². The highest BCUT2D eigenvalue weighted by Crippen LogP contribution is 2.17. The van der Waals surface area contributed by atoms with Crippen molar-refractivity contribution in [3.8, 4) is 0 Å². The van der Waals surface area contributed by atoms with Gasteiger partial charge in [-0.3, -0.25) is 4.90 Å². The Morgan fingerprint density at radius 3 is 1.46 bits per heavy atom. The van der Waals surface area contributed by atoms with Crippen LogP contribution in [0, 0.1) is 13.8 Å². The van der Waals surface area contributed by atoms with Gasteiger partial charge in [-0.1, -0.05) is 35.4 Å². The predicted molar refractivity (Wildman–Crippen MR) is 149 cm³/mol. The number of nitrogens with zero attached hydrogens (tertiary/aromatic N) is 7. The molecule has 0 aliphatic carbocycles. The summed E-state index contributed by atoms with van der Waals surface area (Å²) in [6.45, 7) is 4.97. The van der Waals surface area contributed by atoms with Gasteiger partial charge in [-0.25, -0.2) is 0 Å². The number of benzene rings is 2. The van der Waals surface area contributed by atoms with Crippen LogP contribution in [0.4, 0.5) is 35.2 Å². The molecule has 0 saturated heterocycles. The van der Waals surface area contributed by atoms with Crippen LogP contribution in [0.5, 0.6) is 0 Å². The largest absolute Gasteiger partial charge is 0.368 e. The van der Waals surface area contributed by atoms with E-state index in [1.54, 1.807) is 14.2 Å². The fourth-order valence-electron chi connectivity index (χ4n) is 3.70. The van der Waals surface area contributed by atoms with Crippen molar-refractivity contribution in [3.63, 3.8) is 0 Å². The molecule has 2 heterocycles. The van der Waals surface area contributed by atoms with Gasteiger partial charge in [-0.15, -0.1) is 0 Å². The number of methoxy groups -OCH3 is 2. The van der Waals surface area contributed by atoms with E-state index in [0.717, 1.165) is 22.5 Å². The first kappa shape index (κ1) is 27.6. The summed E-state index contributed by atoms with van der Waals surface area (Å²) >= 11 is 0. The van der Waals surface area contributed by atoms with Crippen LogP contribution < -0.4 is 22.1 Å². The van der Waals surface area contributed by atoms with Crippen molar-refractivity contribution >= 4 is 35.2 Å². The van der Waals surface area contributed by atoms with Crippen LogP contribution in [0.3, 0.4) is 0 Å². The van der Waals surface area contributed by atoms with Crippen molar-refractivity contribution in [2.24, 2.45) is 0 Å². The molecule has 0 radical (unpaired) electrons. The van der Waals surface area contributed by atoms with Crippen molar-refractivity contribution in [2.45, 2.75) is 33.2 Å². The molecule has 204 valence electrons. The fraction of sp³-hybridized carbons (Fsp3) is 0.308. The average molecular weight is 532 g/mol. The second kappa shape index (κ2) is 12.9. The molecule has 0 unspecified atom stereocenters. The number of nitrogens with one attached hydrogen (secondary N) is 2. The van der Waals surface area contributed by atoms with E-state index in [1.807, 2.05) is 67.3 Å². The SMILES string of the molecule is COC(CN(Cc1nc(N)nc(Nc2ccc(C)cc2)n1)Cc1nc(N)nc(Nc2ccc(C)cc2)n1)OC. The van der Waals surface area contributed by atoms with E-state index in [1.165, 1.54) is 0 Å². The Balaban J connectivity index is 1.55. The molecule has 0 bridgehead atoms. The first-order valence-corrected chi connectivity index (χ1v) is 12.3. The molecule has 2 aromatic carbocycles. The first-order valence-electron chi connectivity index (χ1n) is 12.3. The smallest absolute Gasteiger partial charge is 0.232 e. The van der Waals surface area contributed by atoms with E-state index < -0.39 is 6.29 Å². The van der Waals surface area contributed by atoms with Crippen LogP contribution in [0.1, 0.15) is 22.8 Å². The monoisotopic (exact) mass is 531 g/mol. The Hall–Kier alpha value is -4.46. The average Bonchev–Trinajstić information content (AvgIpc) is 2.89. The zero-order chi connectivity index (χ0) is 27.8. The number of nitrogens with two attached hydrogens (primary N) is 2. The van der Waals surface area contributed by atoms with E-state index in [4.69, 9.17) is 20.9 Å². The summed E-state index contributed by atoms with van der Waals surface area (Å²) in [5, 5.41) is 6.34. The number of hydrogen-bond acceptors (Lipinski definition) is 13. The minimum Gasteiger partial charge on any atom is -0.368 e. The highest BCUT2D eigenvalue weighted by molar-refractivity contribution is 5.55. The molecule has 0 fully saturated rings. The second-order valence-corrected chi connectivity index (χ2v) is 8.92. The number of hydrogen-bond donors (Lipinski definition) is 4. The molecule has 2 aromatic heterocycles. The molecule has 6 N–H and O–H groups in total. The van der Waals surface area contributed by atoms with Crippen molar-refractivity contribution in [2.75, 3.05) is 42.9 Å². The lowest BCUT2D eigenvalue weighted by Gasteiger charge is -2.25. The minimum absolute atomic E-state index is 0.0959. The predicted octanol–water partition coefficient (Wildman–Crippen LogP) is 2.95. The molecule has 4 aromatic rings. The van der Waals surface area contributed by atoms with Gasteiger partial charge in [0, 0.05) is 25.6 Å². The summed E-state index contributed by atoms with van der Waals surface area (Å²) in [7, 11) is 3.14. The van der Waals surface area contributed by atoms with Crippen LogP contribution in [0.2, 0.25) is 0 Å². The van der Waals surface area contributed by atoms with Crippen molar-refractivity contribution in [1.29, 1.82) is 0 Å². The molecular weight excluding hydrogens is 498 g/mol. The number of aryl methyl sites for hydroxylation is 2. The highest BCUT2D eigenvalue weighted by atomic mass is 16.7. The summed E-state index contributed by atoms with van der Waals surface area (Å²) in [5.74, 6) is 1.76. The third-order valence-electron chi connectivity index (χ3n) is 5.68. The third-order valence-corrected chi connectivity index (χ3v) is 5.68. The lowest BCUT2D eigenvalue weighted by Crippen LogP contribution is -2.35. The highest BCUT2D eigenvalue weighted by Gasteiger charge is 2.19. The van der Waals surface area contributed by atoms with Gasteiger partial charge in [-0.2, -0.15) is 29.9 Å². The molecule has 13 nitrogen and oxygen atoms in total. The topological polar surface area (TPSA) is 175 Å². The zero-order valence-corrected chi connectivity index (χ0v) is 22.4. The summed E-state index contributed by atoms with van der Waals surface area (Å²) in [6, 6.07) is 15.7. The molecule has 0 amide bonds. The van der Waals surface area contributed by atoms with E-state index in [-0.39, 0.29) is 25.0 Å². The lowest BCUT2D eigenvalue weighted by molar-refractivity contribution is -0.118. The Labute approximate surface area is 227 Å². The molecule has 0 aliphatic heterocycles. The van der Waals surface area contributed by atoms with Crippen molar-refractivity contribution < 1.29 is 9.47 Å². The molecule has 0 spiro atoms. The van der Waals surface area contributed by atoms with E-state index in [2.05, 4.69) is 40.5 Å². The molecule has 0 saturated carbocycles. The van der Waals surface area contributed by atoms with Gasteiger partial charge < -0.3 is 31.6 Å². The maximum atomic E-state index is 6.01. The van der Waals surface area contributed by atoms with Gasteiger partial charge >= 0.3 is 0 Å². The molecule has 0 aliphatic rings. The van der Waals surface area contributed by atoms with Gasteiger partial charge in [0.1, 0.15) is 11.6 Å². The fourth-order valence-corrected chi connectivity index (χ4v) is 3.70. The summed E-state index contributed by atoms with van der Waals surface area (Å²) < 4.78 is 10.9. The normalized spacial score (nSPS) is 11.2. The number of ether oxygens (including phenoxy) is 2. The van der Waals surface area contributed by atoms with E-state index >= 15 is 0 Å². The lowest BCUT2D eigenvalue weighted by atomic mass is 10.2. The van der Waals surface area contributed by atoms with Crippen LogP contribution in [0.25, 0.3) is 0 Å². The first-order chi connectivity index (χ1) is 18.8. The van der Waals surface area contributed by atoms with Gasteiger partial charge in [0.25, 0.3) is 0 Å². The number of nitrogen functional groups attached to an aromatic ring is 2. The van der Waals surface area contributed by atoms with Crippen molar-refractivity contribution in [3.05, 3.63) is 71.3 Å². The van der Waals surface area contributed by atoms with Gasteiger partial charge in [0.15, 0.2) is 6.29 Å². The maximum Gasteiger partial charge on any atom is 0.232 e. The second-order valence-electron chi connectivity index (χ2n) is 8.92. The molecule has 4 rings (SSSR count). The molecular formula is C26H33N11O2. The standard InChI is InChI=1S/C26H33N11O2/c1-16-5-9-18(10-6-16)29-25-33-20(31-23(27)35-25)13-37(15-22(38-3)39-4)14-21-32-24(28)36-26(34-21)30-19-11-7-17(2)8-12-19/h5-12,22H,13-15H2,1-4H3,(H3,27,29,31,33,35)(H3,28,30,32,34,36). The quantitative estimate of drug-likeness (QED) is 0.196. The Morgan fingerprint density at radius 1 is 0.667 bits per heavy atom. The Morgan fingerprint density at radius 2 is 1.08 bits per heavy atom.